The summed E-state index contributed by atoms with van der Waals surface area (Å²) in [5, 5.41) is 0. The predicted molar refractivity (Wildman–Crippen MR) is 83.3 cm³/mol. The predicted octanol–water partition coefficient (Wildman–Crippen LogP) is 4.30. The van der Waals surface area contributed by atoms with Gasteiger partial charge in [-0.3, -0.25) is 0 Å². The van der Waals surface area contributed by atoms with E-state index in [9.17, 15) is 26.0 Å². The van der Waals surface area contributed by atoms with Crippen molar-refractivity contribution in [1.29, 1.82) is 0 Å². The molecule has 1 aliphatic rings. The molecule has 25 heavy (non-hydrogen) atoms. The van der Waals surface area contributed by atoms with Crippen molar-refractivity contribution in [2.75, 3.05) is 6.26 Å². The fourth-order valence-electron chi connectivity index (χ4n) is 3.20. The SMILES string of the molecule is CS(=O)(=O)c1ccc(-c2nc(C(F)(F)F)[nH]c2C2CCCC2)cc1F. The van der Waals surface area contributed by atoms with E-state index >= 15 is 0 Å². The van der Waals surface area contributed by atoms with E-state index in [1.54, 1.807) is 0 Å². The Bertz CT molecular complexity index is 897. The van der Waals surface area contributed by atoms with Crippen LogP contribution in [-0.2, 0) is 16.0 Å². The number of sulfone groups is 1. The second-order valence-corrected chi connectivity index (χ2v) is 8.23. The molecule has 0 spiro atoms. The first-order valence-corrected chi connectivity index (χ1v) is 9.63. The molecule has 2 aromatic rings. The summed E-state index contributed by atoms with van der Waals surface area (Å²) in [6, 6.07) is 3.26. The molecular formula is C16H16F4N2O2S. The van der Waals surface area contributed by atoms with Gasteiger partial charge in [0.1, 0.15) is 10.7 Å². The van der Waals surface area contributed by atoms with Crippen LogP contribution < -0.4 is 0 Å². The molecule has 0 atom stereocenters. The van der Waals surface area contributed by atoms with E-state index in [1.807, 2.05) is 0 Å². The molecule has 0 unspecified atom stereocenters. The van der Waals surface area contributed by atoms with E-state index in [0.717, 1.165) is 44.1 Å². The lowest BCUT2D eigenvalue weighted by atomic mass is 9.99. The lowest BCUT2D eigenvalue weighted by Crippen LogP contribution is -2.07. The molecule has 0 radical (unpaired) electrons. The maximum absolute atomic E-state index is 14.1. The van der Waals surface area contributed by atoms with Crippen LogP contribution in [0.5, 0.6) is 0 Å². The summed E-state index contributed by atoms with van der Waals surface area (Å²) in [5.74, 6) is -2.23. The van der Waals surface area contributed by atoms with Gasteiger partial charge in [-0.1, -0.05) is 18.9 Å². The Kier molecular flexibility index (Phi) is 4.38. The van der Waals surface area contributed by atoms with Crippen molar-refractivity contribution in [3.8, 4) is 11.3 Å². The number of alkyl halides is 3. The van der Waals surface area contributed by atoms with Crippen LogP contribution in [0.4, 0.5) is 17.6 Å². The number of aromatic nitrogens is 2. The van der Waals surface area contributed by atoms with Gasteiger partial charge in [0, 0.05) is 23.4 Å². The molecule has 4 nitrogen and oxygen atoms in total. The zero-order chi connectivity index (χ0) is 18.4. The molecule has 136 valence electrons. The Morgan fingerprint density at radius 2 is 1.84 bits per heavy atom. The monoisotopic (exact) mass is 376 g/mol. The van der Waals surface area contributed by atoms with Gasteiger partial charge in [0.05, 0.1) is 5.69 Å². The van der Waals surface area contributed by atoms with Crippen molar-refractivity contribution in [3.63, 3.8) is 0 Å². The molecule has 3 rings (SSSR count). The minimum Gasteiger partial charge on any atom is -0.337 e. The normalized spacial score (nSPS) is 16.5. The number of hydrogen-bond acceptors (Lipinski definition) is 3. The zero-order valence-corrected chi connectivity index (χ0v) is 14.1. The summed E-state index contributed by atoms with van der Waals surface area (Å²) in [6.07, 6.45) is -0.493. The van der Waals surface area contributed by atoms with Crippen LogP contribution in [0.2, 0.25) is 0 Å². The summed E-state index contributed by atoms with van der Waals surface area (Å²) in [4.78, 5) is 5.49. The number of hydrogen-bond donors (Lipinski definition) is 1. The van der Waals surface area contributed by atoms with Gasteiger partial charge in [-0.2, -0.15) is 13.2 Å². The number of nitrogens with zero attached hydrogens (tertiary/aromatic N) is 1. The van der Waals surface area contributed by atoms with Crippen LogP contribution in [0.15, 0.2) is 23.1 Å². The summed E-state index contributed by atoms with van der Waals surface area (Å²) in [6.45, 7) is 0. The average molecular weight is 376 g/mol. The topological polar surface area (TPSA) is 62.8 Å². The molecule has 9 heteroatoms. The Morgan fingerprint density at radius 3 is 2.36 bits per heavy atom. The summed E-state index contributed by atoms with van der Waals surface area (Å²) >= 11 is 0. The highest BCUT2D eigenvalue weighted by atomic mass is 32.2. The molecule has 1 saturated carbocycles. The van der Waals surface area contributed by atoms with Crippen LogP contribution in [0.1, 0.15) is 43.1 Å². The molecule has 1 aliphatic carbocycles. The van der Waals surface area contributed by atoms with Crippen molar-refractivity contribution in [2.45, 2.75) is 42.7 Å². The van der Waals surface area contributed by atoms with Gasteiger partial charge in [-0.05, 0) is 25.0 Å². The summed E-state index contributed by atoms with van der Waals surface area (Å²) in [7, 11) is -3.76. The van der Waals surface area contributed by atoms with Crippen LogP contribution >= 0.6 is 0 Å². The molecule has 1 aromatic carbocycles. The third-order valence-corrected chi connectivity index (χ3v) is 5.50. The molecule has 0 bridgehead atoms. The van der Waals surface area contributed by atoms with Crippen molar-refractivity contribution in [1.82, 2.24) is 9.97 Å². The van der Waals surface area contributed by atoms with Gasteiger partial charge < -0.3 is 4.98 Å². The first-order valence-electron chi connectivity index (χ1n) is 7.74. The molecule has 1 heterocycles. The highest BCUT2D eigenvalue weighted by Gasteiger charge is 2.37. The lowest BCUT2D eigenvalue weighted by Gasteiger charge is -2.10. The van der Waals surface area contributed by atoms with Gasteiger partial charge in [0.2, 0.25) is 5.82 Å². The molecule has 1 aromatic heterocycles. The number of benzene rings is 1. The molecular weight excluding hydrogens is 360 g/mol. The first kappa shape index (κ1) is 17.9. The minimum atomic E-state index is -4.64. The lowest BCUT2D eigenvalue weighted by molar-refractivity contribution is -0.144. The fourth-order valence-corrected chi connectivity index (χ4v) is 3.93. The Balaban J connectivity index is 2.12. The van der Waals surface area contributed by atoms with Crippen molar-refractivity contribution in [2.24, 2.45) is 0 Å². The number of H-pyrrole nitrogens is 1. The van der Waals surface area contributed by atoms with E-state index in [0.29, 0.717) is 5.69 Å². The number of nitrogens with one attached hydrogen (secondary N) is 1. The van der Waals surface area contributed by atoms with Crippen LogP contribution in [-0.4, -0.2) is 24.6 Å². The Morgan fingerprint density at radius 1 is 1.20 bits per heavy atom. The Labute approximate surface area is 142 Å². The van der Waals surface area contributed by atoms with Crippen LogP contribution in [0, 0.1) is 5.82 Å². The molecule has 1 fully saturated rings. The van der Waals surface area contributed by atoms with E-state index in [1.165, 1.54) is 6.07 Å². The number of rotatable bonds is 3. The third kappa shape index (κ3) is 3.56. The fraction of sp³-hybridized carbons (Fsp3) is 0.438. The zero-order valence-electron chi connectivity index (χ0n) is 13.3. The van der Waals surface area contributed by atoms with Gasteiger partial charge in [0.25, 0.3) is 0 Å². The molecule has 0 saturated heterocycles. The second kappa shape index (κ2) is 6.12. The van der Waals surface area contributed by atoms with E-state index in [-0.39, 0.29) is 17.2 Å². The number of halogens is 4. The summed E-state index contributed by atoms with van der Waals surface area (Å²) in [5.41, 5.74) is 0.480. The van der Waals surface area contributed by atoms with Crippen LogP contribution in [0.25, 0.3) is 11.3 Å². The largest absolute Gasteiger partial charge is 0.449 e. The molecule has 0 amide bonds. The smallest absolute Gasteiger partial charge is 0.337 e. The van der Waals surface area contributed by atoms with Gasteiger partial charge in [0.15, 0.2) is 9.84 Å². The standard InChI is InChI=1S/C16H16F4N2O2S/c1-25(23,24)12-7-6-10(8-11(12)17)14-13(9-4-2-3-5-9)21-15(22-14)16(18,19)20/h6-9H,2-5H2,1H3,(H,21,22). The van der Waals surface area contributed by atoms with Crippen molar-refractivity contribution in [3.05, 3.63) is 35.5 Å². The number of aromatic amines is 1. The first-order chi connectivity index (χ1) is 11.6. The van der Waals surface area contributed by atoms with Crippen molar-refractivity contribution < 1.29 is 26.0 Å². The highest BCUT2D eigenvalue weighted by Crippen LogP contribution is 2.40. The highest BCUT2D eigenvalue weighted by molar-refractivity contribution is 7.90. The maximum atomic E-state index is 14.1. The van der Waals surface area contributed by atoms with Crippen LogP contribution in [0.3, 0.4) is 0 Å². The van der Waals surface area contributed by atoms with Crippen molar-refractivity contribution >= 4 is 9.84 Å². The van der Waals surface area contributed by atoms with E-state index < -0.39 is 32.6 Å². The van der Waals surface area contributed by atoms with Gasteiger partial charge >= 0.3 is 6.18 Å². The molecule has 0 aliphatic heterocycles. The summed E-state index contributed by atoms with van der Waals surface area (Å²) < 4.78 is 76.3. The minimum absolute atomic E-state index is 0.0261. The average Bonchev–Trinajstić information content (AvgIpc) is 3.14. The van der Waals surface area contributed by atoms with Gasteiger partial charge in [-0.25, -0.2) is 17.8 Å². The third-order valence-electron chi connectivity index (χ3n) is 4.37. The van der Waals surface area contributed by atoms with Gasteiger partial charge in [-0.15, -0.1) is 0 Å². The van der Waals surface area contributed by atoms with E-state index in [4.69, 9.17) is 0 Å². The maximum Gasteiger partial charge on any atom is 0.449 e. The number of imidazole rings is 1. The quantitative estimate of drug-likeness (QED) is 0.813. The Hall–Kier alpha value is -1.90. The molecule has 1 N–H and O–H groups in total. The van der Waals surface area contributed by atoms with E-state index in [2.05, 4.69) is 9.97 Å². The second-order valence-electron chi connectivity index (χ2n) is 6.24.